The van der Waals surface area contributed by atoms with E-state index < -0.39 is 5.82 Å². The summed E-state index contributed by atoms with van der Waals surface area (Å²) < 4.78 is 13.9. The summed E-state index contributed by atoms with van der Waals surface area (Å²) in [7, 11) is 0. The van der Waals surface area contributed by atoms with Gasteiger partial charge < -0.3 is 5.11 Å². The molecule has 1 nitrogen and oxygen atoms in total. The molecule has 2 rings (SSSR count). The molecule has 0 aliphatic rings. The van der Waals surface area contributed by atoms with Crippen molar-refractivity contribution in [1.82, 2.24) is 0 Å². The van der Waals surface area contributed by atoms with Gasteiger partial charge in [0, 0.05) is 10.6 Å². The fourth-order valence-corrected chi connectivity index (χ4v) is 2.08. The average Bonchev–Trinajstić information content (AvgIpc) is 2.35. The summed E-state index contributed by atoms with van der Waals surface area (Å²) in [5.74, 6) is -0.573. The molecule has 0 amide bonds. The minimum absolute atomic E-state index is 0.0806. The lowest BCUT2D eigenvalue weighted by atomic mass is 9.99. The van der Waals surface area contributed by atoms with Gasteiger partial charge in [-0.15, -0.1) is 6.58 Å². The van der Waals surface area contributed by atoms with Gasteiger partial charge in [0.1, 0.15) is 11.6 Å². The molecular weight excluding hydrogens is 251 g/mol. The molecule has 0 bridgehead atoms. The largest absolute Gasteiger partial charge is 0.507 e. The van der Waals surface area contributed by atoms with Gasteiger partial charge in [-0.3, -0.25) is 0 Å². The Kier molecular flexibility index (Phi) is 3.68. The second-order valence-corrected chi connectivity index (χ2v) is 4.31. The van der Waals surface area contributed by atoms with Crippen molar-refractivity contribution in [3.63, 3.8) is 0 Å². The number of hydrogen-bond donors (Lipinski definition) is 1. The highest BCUT2D eigenvalue weighted by Crippen LogP contribution is 2.38. The number of benzene rings is 2. The van der Waals surface area contributed by atoms with Gasteiger partial charge in [-0.25, -0.2) is 4.39 Å². The van der Waals surface area contributed by atoms with E-state index in [1.807, 2.05) is 0 Å². The van der Waals surface area contributed by atoms with E-state index in [1.54, 1.807) is 36.4 Å². The van der Waals surface area contributed by atoms with Crippen LogP contribution in [0.15, 0.2) is 49.1 Å². The summed E-state index contributed by atoms with van der Waals surface area (Å²) in [5, 5.41) is 10.5. The van der Waals surface area contributed by atoms with Crippen LogP contribution in [0.3, 0.4) is 0 Å². The van der Waals surface area contributed by atoms with Crippen LogP contribution in [0, 0.1) is 5.82 Å². The van der Waals surface area contributed by atoms with Crippen molar-refractivity contribution >= 4 is 11.6 Å². The second-order valence-electron chi connectivity index (χ2n) is 3.90. The highest BCUT2D eigenvalue weighted by atomic mass is 35.5. The predicted molar refractivity (Wildman–Crippen MR) is 72.4 cm³/mol. The fourth-order valence-electron chi connectivity index (χ4n) is 1.85. The number of phenols is 1. The van der Waals surface area contributed by atoms with Crippen molar-refractivity contribution in [3.8, 4) is 16.9 Å². The smallest absolute Gasteiger partial charge is 0.134 e. The molecule has 0 aromatic heterocycles. The van der Waals surface area contributed by atoms with E-state index in [0.29, 0.717) is 22.6 Å². The molecule has 0 aliphatic heterocycles. The number of rotatable bonds is 3. The number of halogens is 2. The molecule has 0 saturated heterocycles. The van der Waals surface area contributed by atoms with Crippen LogP contribution >= 0.6 is 11.6 Å². The maximum Gasteiger partial charge on any atom is 0.134 e. The van der Waals surface area contributed by atoms with Crippen molar-refractivity contribution in [3.05, 3.63) is 65.5 Å². The molecule has 18 heavy (non-hydrogen) atoms. The number of aromatic hydroxyl groups is 1. The highest BCUT2D eigenvalue weighted by molar-refractivity contribution is 6.33. The Morgan fingerprint density at radius 2 is 1.94 bits per heavy atom. The first kappa shape index (κ1) is 12.7. The van der Waals surface area contributed by atoms with E-state index in [2.05, 4.69) is 6.58 Å². The highest BCUT2D eigenvalue weighted by Gasteiger charge is 2.16. The van der Waals surface area contributed by atoms with Crippen molar-refractivity contribution < 1.29 is 9.50 Å². The van der Waals surface area contributed by atoms with Crippen LogP contribution in [0.5, 0.6) is 5.75 Å². The fraction of sp³-hybridized carbons (Fsp3) is 0.0667. The van der Waals surface area contributed by atoms with E-state index in [-0.39, 0.29) is 11.3 Å². The van der Waals surface area contributed by atoms with E-state index in [4.69, 9.17) is 11.6 Å². The summed E-state index contributed by atoms with van der Waals surface area (Å²) >= 11 is 6.03. The molecule has 2 aromatic rings. The third-order valence-corrected chi connectivity index (χ3v) is 3.05. The number of hydrogen-bond acceptors (Lipinski definition) is 1. The third kappa shape index (κ3) is 2.24. The maximum absolute atomic E-state index is 13.9. The minimum Gasteiger partial charge on any atom is -0.507 e. The Bertz CT molecular complexity index is 593. The SMILES string of the molecule is C=CCc1ccc(F)c(-c2ccccc2Cl)c1O. The Morgan fingerprint density at radius 3 is 2.61 bits per heavy atom. The Labute approximate surface area is 110 Å². The van der Waals surface area contributed by atoms with E-state index >= 15 is 0 Å². The first-order valence-electron chi connectivity index (χ1n) is 5.51. The monoisotopic (exact) mass is 262 g/mol. The van der Waals surface area contributed by atoms with Gasteiger partial charge in [0.15, 0.2) is 0 Å². The molecule has 0 aliphatic carbocycles. The zero-order valence-electron chi connectivity index (χ0n) is 9.66. The molecule has 0 unspecified atom stereocenters. The zero-order chi connectivity index (χ0) is 13.1. The molecule has 0 spiro atoms. The van der Waals surface area contributed by atoms with Crippen LogP contribution in [0.4, 0.5) is 4.39 Å². The van der Waals surface area contributed by atoms with Crippen molar-refractivity contribution in [2.45, 2.75) is 6.42 Å². The van der Waals surface area contributed by atoms with Crippen LogP contribution < -0.4 is 0 Å². The molecule has 3 heteroatoms. The lowest BCUT2D eigenvalue weighted by Crippen LogP contribution is -1.91. The first-order valence-corrected chi connectivity index (χ1v) is 5.89. The van der Waals surface area contributed by atoms with Crippen molar-refractivity contribution in [1.29, 1.82) is 0 Å². The van der Waals surface area contributed by atoms with Gasteiger partial charge in [0.25, 0.3) is 0 Å². The molecule has 0 radical (unpaired) electrons. The normalized spacial score (nSPS) is 10.3. The van der Waals surface area contributed by atoms with E-state index in [9.17, 15) is 9.50 Å². The topological polar surface area (TPSA) is 20.2 Å². The quantitative estimate of drug-likeness (QED) is 0.803. The van der Waals surface area contributed by atoms with Crippen LogP contribution in [-0.4, -0.2) is 5.11 Å². The Balaban J connectivity index is 2.67. The molecule has 0 saturated carbocycles. The van der Waals surface area contributed by atoms with Gasteiger partial charge >= 0.3 is 0 Å². The Hall–Kier alpha value is -1.80. The molecule has 1 N–H and O–H groups in total. The van der Waals surface area contributed by atoms with Gasteiger partial charge in [-0.1, -0.05) is 41.9 Å². The van der Waals surface area contributed by atoms with Crippen LogP contribution in [0.2, 0.25) is 5.02 Å². The van der Waals surface area contributed by atoms with Gasteiger partial charge in [-0.2, -0.15) is 0 Å². The number of allylic oxidation sites excluding steroid dienone is 1. The van der Waals surface area contributed by atoms with Gasteiger partial charge in [0.05, 0.1) is 5.56 Å². The first-order chi connectivity index (χ1) is 8.65. The summed E-state index contributed by atoms with van der Waals surface area (Å²) in [4.78, 5) is 0. The summed E-state index contributed by atoms with van der Waals surface area (Å²) in [6, 6.07) is 9.73. The summed E-state index contributed by atoms with van der Waals surface area (Å²) in [5.41, 5.74) is 1.25. The van der Waals surface area contributed by atoms with Crippen molar-refractivity contribution in [2.24, 2.45) is 0 Å². The lowest BCUT2D eigenvalue weighted by molar-refractivity contribution is 0.466. The van der Waals surface area contributed by atoms with Gasteiger partial charge in [-0.05, 0) is 24.1 Å². The third-order valence-electron chi connectivity index (χ3n) is 2.72. The van der Waals surface area contributed by atoms with Crippen LogP contribution in [0.1, 0.15) is 5.56 Å². The summed E-state index contributed by atoms with van der Waals surface area (Å²) in [6.07, 6.45) is 2.13. The minimum atomic E-state index is -0.492. The van der Waals surface area contributed by atoms with E-state index in [0.717, 1.165) is 0 Å². The molecule has 0 heterocycles. The maximum atomic E-state index is 13.9. The van der Waals surface area contributed by atoms with Crippen LogP contribution in [0.25, 0.3) is 11.1 Å². The van der Waals surface area contributed by atoms with Crippen LogP contribution in [-0.2, 0) is 6.42 Å². The lowest BCUT2D eigenvalue weighted by Gasteiger charge is -2.11. The predicted octanol–water partition coefficient (Wildman–Crippen LogP) is 4.58. The standard InChI is InChI=1S/C15H12ClFO/c1-2-5-10-8-9-13(17)14(15(10)18)11-6-3-4-7-12(11)16/h2-4,6-9,18H,1,5H2. The molecule has 0 fully saturated rings. The average molecular weight is 263 g/mol. The Morgan fingerprint density at radius 1 is 1.22 bits per heavy atom. The molecule has 2 aromatic carbocycles. The summed E-state index contributed by atoms with van der Waals surface area (Å²) in [6.45, 7) is 3.61. The van der Waals surface area contributed by atoms with Gasteiger partial charge in [0.2, 0.25) is 0 Å². The zero-order valence-corrected chi connectivity index (χ0v) is 10.4. The number of phenolic OH excluding ortho intramolecular Hbond substituents is 1. The molecule has 0 atom stereocenters. The van der Waals surface area contributed by atoms with E-state index in [1.165, 1.54) is 6.07 Å². The molecule has 92 valence electrons. The second kappa shape index (κ2) is 5.23. The molecular formula is C15H12ClFO. The van der Waals surface area contributed by atoms with Crippen molar-refractivity contribution in [2.75, 3.05) is 0 Å².